The third-order valence-electron chi connectivity index (χ3n) is 6.53. The van der Waals surface area contributed by atoms with E-state index in [9.17, 15) is 4.79 Å². The molecular formula is C23H27N3O. The van der Waals surface area contributed by atoms with Gasteiger partial charge in [-0.25, -0.2) is 0 Å². The molecule has 5 rings (SSSR count). The summed E-state index contributed by atoms with van der Waals surface area (Å²) in [4.78, 5) is 19.3. The average molecular weight is 361 g/mol. The molecule has 1 atom stereocenters. The van der Waals surface area contributed by atoms with Crippen molar-refractivity contribution in [2.24, 2.45) is 0 Å². The van der Waals surface area contributed by atoms with E-state index in [1.54, 1.807) is 0 Å². The Bertz CT molecular complexity index is 748. The Kier molecular flexibility index (Phi) is 4.46. The molecule has 3 heterocycles. The van der Waals surface area contributed by atoms with Crippen molar-refractivity contribution >= 4 is 5.91 Å². The monoisotopic (exact) mass is 361 g/mol. The quantitative estimate of drug-likeness (QED) is 0.838. The van der Waals surface area contributed by atoms with Crippen molar-refractivity contribution in [2.45, 2.75) is 31.0 Å². The van der Waals surface area contributed by atoms with Gasteiger partial charge in [-0.2, -0.15) is 0 Å². The van der Waals surface area contributed by atoms with Crippen LogP contribution in [0, 0.1) is 0 Å². The summed E-state index contributed by atoms with van der Waals surface area (Å²) in [5, 5.41) is 0. The zero-order valence-electron chi connectivity index (χ0n) is 15.7. The summed E-state index contributed by atoms with van der Waals surface area (Å²) in [5.74, 6) is 0.364. The Hall–Kier alpha value is -2.17. The fourth-order valence-corrected chi connectivity index (χ4v) is 5.03. The molecule has 0 saturated carbocycles. The molecule has 1 amide bonds. The molecule has 3 aliphatic rings. The number of carbonyl (C=O) groups excluding carboxylic acids is 1. The minimum atomic E-state index is 0.331. The van der Waals surface area contributed by atoms with Crippen LogP contribution in [0.15, 0.2) is 60.7 Å². The number of benzene rings is 2. The van der Waals surface area contributed by atoms with Gasteiger partial charge < -0.3 is 4.90 Å². The highest BCUT2D eigenvalue weighted by molar-refractivity contribution is 5.78. The van der Waals surface area contributed by atoms with E-state index in [0.717, 1.165) is 45.6 Å². The molecule has 4 heteroatoms. The van der Waals surface area contributed by atoms with Gasteiger partial charge in [0.2, 0.25) is 5.91 Å². The molecule has 0 bridgehead atoms. The fourth-order valence-electron chi connectivity index (χ4n) is 5.03. The van der Waals surface area contributed by atoms with Gasteiger partial charge in [-0.3, -0.25) is 14.6 Å². The maximum absolute atomic E-state index is 11.9. The van der Waals surface area contributed by atoms with Crippen molar-refractivity contribution < 1.29 is 4.79 Å². The average Bonchev–Trinajstić information content (AvgIpc) is 3.06. The van der Waals surface area contributed by atoms with Gasteiger partial charge in [0.15, 0.2) is 0 Å². The predicted octanol–water partition coefficient (Wildman–Crippen LogP) is 2.77. The summed E-state index contributed by atoms with van der Waals surface area (Å²) >= 11 is 0. The second-order valence-corrected chi connectivity index (χ2v) is 8.11. The molecule has 2 aromatic rings. The number of amides is 1. The summed E-state index contributed by atoms with van der Waals surface area (Å²) in [7, 11) is 0. The lowest BCUT2D eigenvalue weighted by atomic mass is 9.92. The third-order valence-corrected chi connectivity index (χ3v) is 6.53. The Morgan fingerprint density at radius 2 is 1.41 bits per heavy atom. The number of piperazine rings is 1. The molecule has 0 N–H and O–H groups in total. The van der Waals surface area contributed by atoms with Crippen LogP contribution in [0.4, 0.5) is 0 Å². The van der Waals surface area contributed by atoms with E-state index >= 15 is 0 Å². The number of rotatable bonds is 4. The lowest BCUT2D eigenvalue weighted by Gasteiger charge is -2.51. The van der Waals surface area contributed by atoms with Crippen molar-refractivity contribution in [3.63, 3.8) is 0 Å². The Labute approximate surface area is 161 Å². The fraction of sp³-hybridized carbons (Fsp3) is 0.435. The van der Waals surface area contributed by atoms with Crippen molar-refractivity contribution in [1.29, 1.82) is 0 Å². The third kappa shape index (κ3) is 3.17. The molecule has 0 aromatic heterocycles. The van der Waals surface area contributed by atoms with Crippen molar-refractivity contribution in [1.82, 2.24) is 14.7 Å². The summed E-state index contributed by atoms with van der Waals surface area (Å²) in [6, 6.07) is 23.1. The summed E-state index contributed by atoms with van der Waals surface area (Å²) in [6.45, 7) is 5.22. The number of fused-ring (bicyclic) bond motifs is 1. The summed E-state index contributed by atoms with van der Waals surface area (Å²) in [5.41, 5.74) is 2.74. The highest BCUT2D eigenvalue weighted by atomic mass is 16.2. The smallest absolute Gasteiger partial charge is 0.222 e. The zero-order valence-corrected chi connectivity index (χ0v) is 15.7. The van der Waals surface area contributed by atoms with Crippen LogP contribution in [0.5, 0.6) is 0 Å². The van der Waals surface area contributed by atoms with Gasteiger partial charge in [0.1, 0.15) is 0 Å². The van der Waals surface area contributed by atoms with E-state index in [2.05, 4.69) is 75.4 Å². The molecule has 0 spiro atoms. The van der Waals surface area contributed by atoms with Gasteiger partial charge in [-0.05, 0) is 17.5 Å². The predicted molar refractivity (Wildman–Crippen MR) is 106 cm³/mol. The van der Waals surface area contributed by atoms with Crippen molar-refractivity contribution in [3.05, 3.63) is 71.8 Å². The number of hydrogen-bond acceptors (Lipinski definition) is 3. The first-order chi connectivity index (χ1) is 13.3. The lowest BCUT2D eigenvalue weighted by molar-refractivity contribution is -0.131. The van der Waals surface area contributed by atoms with Gasteiger partial charge >= 0.3 is 0 Å². The molecule has 0 aliphatic carbocycles. The summed E-state index contributed by atoms with van der Waals surface area (Å²) in [6.07, 6.45) is 1.79. The van der Waals surface area contributed by atoms with Gasteiger partial charge in [0, 0.05) is 51.2 Å². The number of likely N-dealkylation sites (tertiary alicyclic amines) is 1. The molecule has 140 valence electrons. The molecule has 27 heavy (non-hydrogen) atoms. The topological polar surface area (TPSA) is 26.8 Å². The molecule has 3 aliphatic heterocycles. The highest BCUT2D eigenvalue weighted by Crippen LogP contribution is 2.34. The first-order valence-electron chi connectivity index (χ1n) is 10.2. The summed E-state index contributed by atoms with van der Waals surface area (Å²) < 4.78 is 0. The second-order valence-electron chi connectivity index (χ2n) is 8.11. The lowest BCUT2D eigenvalue weighted by Crippen LogP contribution is -2.64. The van der Waals surface area contributed by atoms with Crippen molar-refractivity contribution in [3.8, 4) is 0 Å². The molecule has 3 fully saturated rings. The zero-order chi connectivity index (χ0) is 18.2. The Morgan fingerprint density at radius 1 is 0.778 bits per heavy atom. The van der Waals surface area contributed by atoms with Gasteiger partial charge in [-0.1, -0.05) is 60.7 Å². The van der Waals surface area contributed by atoms with Crippen LogP contribution in [0.25, 0.3) is 0 Å². The second kappa shape index (κ2) is 7.10. The minimum Gasteiger partial charge on any atom is -0.337 e. The minimum absolute atomic E-state index is 0.331. The van der Waals surface area contributed by atoms with E-state index in [-0.39, 0.29) is 0 Å². The molecule has 1 unspecified atom stereocenters. The van der Waals surface area contributed by atoms with Crippen LogP contribution >= 0.6 is 0 Å². The normalized spacial score (nSPS) is 24.3. The van der Waals surface area contributed by atoms with E-state index < -0.39 is 0 Å². The van der Waals surface area contributed by atoms with Crippen LogP contribution in [0.2, 0.25) is 0 Å². The first kappa shape index (κ1) is 17.0. The molecule has 0 radical (unpaired) electrons. The largest absolute Gasteiger partial charge is 0.337 e. The van der Waals surface area contributed by atoms with Crippen LogP contribution in [0.1, 0.15) is 30.0 Å². The Morgan fingerprint density at radius 3 is 2.04 bits per heavy atom. The number of nitrogens with zero attached hydrogens (tertiary/aromatic N) is 3. The molecular weight excluding hydrogens is 334 g/mol. The SMILES string of the molecule is O=C1CCC2CN(C3CN(C(c4ccccc4)c4ccccc4)C3)CCN12. The van der Waals surface area contributed by atoms with E-state index in [4.69, 9.17) is 0 Å². The van der Waals surface area contributed by atoms with Crippen LogP contribution in [-0.2, 0) is 4.79 Å². The standard InChI is InChI=1S/C23H27N3O/c27-22-12-11-20-15-24(13-14-26(20)22)21-16-25(17-21)23(18-7-3-1-4-8-18)19-9-5-2-6-10-19/h1-10,20-21,23H,11-17H2. The van der Waals surface area contributed by atoms with E-state index in [0.29, 0.717) is 24.0 Å². The van der Waals surface area contributed by atoms with Crippen LogP contribution in [0.3, 0.4) is 0 Å². The van der Waals surface area contributed by atoms with Crippen LogP contribution in [-0.4, -0.2) is 65.4 Å². The van der Waals surface area contributed by atoms with Crippen LogP contribution < -0.4 is 0 Å². The van der Waals surface area contributed by atoms with Gasteiger partial charge in [0.05, 0.1) is 6.04 Å². The first-order valence-corrected chi connectivity index (χ1v) is 10.2. The molecule has 4 nitrogen and oxygen atoms in total. The number of hydrogen-bond donors (Lipinski definition) is 0. The number of carbonyl (C=O) groups is 1. The van der Waals surface area contributed by atoms with Crippen molar-refractivity contribution in [2.75, 3.05) is 32.7 Å². The Balaban J connectivity index is 1.29. The van der Waals surface area contributed by atoms with Gasteiger partial charge in [-0.15, -0.1) is 0 Å². The molecule has 3 saturated heterocycles. The van der Waals surface area contributed by atoms with E-state index in [1.807, 2.05) is 0 Å². The molecule has 2 aromatic carbocycles. The highest BCUT2D eigenvalue weighted by Gasteiger charge is 2.42. The maximum Gasteiger partial charge on any atom is 0.222 e. The van der Waals surface area contributed by atoms with E-state index in [1.165, 1.54) is 11.1 Å². The van der Waals surface area contributed by atoms with Gasteiger partial charge in [0.25, 0.3) is 0 Å². The maximum atomic E-state index is 11.9.